The van der Waals surface area contributed by atoms with Gasteiger partial charge >= 0.3 is 5.25 Å². The fourth-order valence-electron chi connectivity index (χ4n) is 1.49. The minimum atomic E-state index is -3.53. The Balaban J connectivity index is 4.60. The molecule has 0 atom stereocenters. The van der Waals surface area contributed by atoms with Crippen LogP contribution in [0.4, 0.5) is 8.78 Å². The van der Waals surface area contributed by atoms with Gasteiger partial charge in [-0.3, -0.25) is 0 Å². The van der Waals surface area contributed by atoms with E-state index in [1.165, 1.54) is 0 Å². The first kappa shape index (κ1) is 17.1. The highest BCUT2D eigenvalue weighted by Gasteiger charge is 2.53. The van der Waals surface area contributed by atoms with Crippen molar-refractivity contribution >= 4 is 12.0 Å². The molecule has 4 nitrogen and oxygen atoms in total. The van der Waals surface area contributed by atoms with Gasteiger partial charge in [-0.15, -0.1) is 4.33 Å². The summed E-state index contributed by atoms with van der Waals surface area (Å²) < 4.78 is 31.2. The minimum Gasteiger partial charge on any atom is -0.383 e. The van der Waals surface area contributed by atoms with Crippen molar-refractivity contribution in [3.05, 3.63) is 0 Å². The molecule has 0 rings (SSSR count). The molecular formula is C10H20F2O4S. The highest BCUT2D eigenvalue weighted by atomic mass is 32.2. The molecule has 7 heteroatoms. The first-order valence-corrected chi connectivity index (χ1v) is 6.43. The SMILES string of the molecule is CCCCC(O)(CCCC)C(F)(F)SOOO. The van der Waals surface area contributed by atoms with Gasteiger partial charge in [0.1, 0.15) is 17.6 Å². The van der Waals surface area contributed by atoms with Crippen LogP contribution in [-0.4, -0.2) is 21.2 Å². The summed E-state index contributed by atoms with van der Waals surface area (Å²) >= 11 is -0.369. The van der Waals surface area contributed by atoms with Crippen LogP contribution in [0.5, 0.6) is 0 Å². The van der Waals surface area contributed by atoms with Crippen LogP contribution in [0.15, 0.2) is 0 Å². The predicted octanol–water partition coefficient (Wildman–Crippen LogP) is 3.76. The van der Waals surface area contributed by atoms with E-state index in [9.17, 15) is 13.9 Å². The Morgan fingerprint density at radius 2 is 1.59 bits per heavy atom. The predicted molar refractivity (Wildman–Crippen MR) is 61.3 cm³/mol. The Kier molecular flexibility index (Phi) is 8.23. The van der Waals surface area contributed by atoms with Crippen molar-refractivity contribution in [2.24, 2.45) is 0 Å². The van der Waals surface area contributed by atoms with E-state index in [2.05, 4.69) is 9.37 Å². The monoisotopic (exact) mass is 274 g/mol. The zero-order valence-electron chi connectivity index (χ0n) is 10.1. The molecule has 0 aromatic rings. The van der Waals surface area contributed by atoms with E-state index >= 15 is 0 Å². The number of unbranched alkanes of at least 4 members (excludes halogenated alkanes) is 2. The molecule has 0 heterocycles. The number of aliphatic hydroxyl groups is 1. The lowest BCUT2D eigenvalue weighted by Gasteiger charge is -2.34. The second-order valence-electron chi connectivity index (χ2n) is 3.98. The standard InChI is InChI=1S/C10H20F2O4S/c1-3-5-7-9(13,8-6-4-2)10(11,12)17-16-15-14/h13-14H,3-8H2,1-2H3. The van der Waals surface area contributed by atoms with Crippen molar-refractivity contribution in [3.63, 3.8) is 0 Å². The van der Waals surface area contributed by atoms with Gasteiger partial charge in [0.05, 0.1) is 0 Å². The van der Waals surface area contributed by atoms with Crippen molar-refractivity contribution in [3.8, 4) is 0 Å². The first-order valence-electron chi connectivity index (χ1n) is 5.69. The van der Waals surface area contributed by atoms with Gasteiger partial charge in [-0.05, 0) is 12.8 Å². The zero-order chi connectivity index (χ0) is 13.4. The van der Waals surface area contributed by atoms with Crippen LogP contribution in [-0.2, 0) is 9.37 Å². The Hall–Kier alpha value is 0.0500. The molecule has 0 saturated heterocycles. The number of rotatable bonds is 10. The van der Waals surface area contributed by atoms with Gasteiger partial charge in [-0.25, -0.2) is 5.26 Å². The fraction of sp³-hybridized carbons (Fsp3) is 1.00. The van der Waals surface area contributed by atoms with E-state index in [1.54, 1.807) is 0 Å². The summed E-state index contributed by atoms with van der Waals surface area (Å²) in [6.07, 6.45) is 2.39. The van der Waals surface area contributed by atoms with Gasteiger partial charge < -0.3 is 5.11 Å². The molecule has 0 aliphatic heterocycles. The highest BCUT2D eigenvalue weighted by Crippen LogP contribution is 2.45. The largest absolute Gasteiger partial charge is 0.383 e. The van der Waals surface area contributed by atoms with Gasteiger partial charge in [0.2, 0.25) is 0 Å². The number of alkyl halides is 2. The van der Waals surface area contributed by atoms with Crippen molar-refractivity contribution in [1.82, 2.24) is 0 Å². The van der Waals surface area contributed by atoms with E-state index in [4.69, 9.17) is 5.26 Å². The van der Waals surface area contributed by atoms with Crippen LogP contribution in [0.3, 0.4) is 0 Å². The fourth-order valence-corrected chi connectivity index (χ4v) is 1.97. The van der Waals surface area contributed by atoms with Crippen LogP contribution in [0.2, 0.25) is 0 Å². The summed E-state index contributed by atoms with van der Waals surface area (Å²) in [4.78, 5) is 0. The molecule has 0 saturated carbocycles. The van der Waals surface area contributed by atoms with E-state index in [0.29, 0.717) is 25.7 Å². The lowest BCUT2D eigenvalue weighted by atomic mass is 9.91. The van der Waals surface area contributed by atoms with Gasteiger partial charge in [0.15, 0.2) is 0 Å². The van der Waals surface area contributed by atoms with Crippen molar-refractivity contribution in [2.75, 3.05) is 0 Å². The summed E-state index contributed by atoms with van der Waals surface area (Å²) in [5, 5.41) is 17.6. The van der Waals surface area contributed by atoms with Crippen LogP contribution in [0.25, 0.3) is 0 Å². The summed E-state index contributed by atoms with van der Waals surface area (Å²) in [6, 6.07) is 0. The number of halogens is 2. The molecule has 0 fully saturated rings. The topological polar surface area (TPSA) is 58.9 Å². The van der Waals surface area contributed by atoms with Crippen LogP contribution in [0, 0.1) is 0 Å². The average Bonchev–Trinajstić information content (AvgIpc) is 2.31. The molecule has 2 N–H and O–H groups in total. The van der Waals surface area contributed by atoms with Gasteiger partial charge in [0.25, 0.3) is 0 Å². The van der Waals surface area contributed by atoms with Gasteiger partial charge in [0, 0.05) is 0 Å². The normalized spacial score (nSPS) is 13.1. The van der Waals surface area contributed by atoms with Crippen LogP contribution < -0.4 is 0 Å². The quantitative estimate of drug-likeness (QED) is 0.361. The molecule has 0 aliphatic carbocycles. The Morgan fingerprint density at radius 1 is 1.12 bits per heavy atom. The lowest BCUT2D eigenvalue weighted by Crippen LogP contribution is -2.46. The summed E-state index contributed by atoms with van der Waals surface area (Å²) in [6.45, 7) is 3.72. The Labute approximate surface area is 104 Å². The maximum absolute atomic E-state index is 13.7. The molecule has 0 bridgehead atoms. The maximum Gasteiger partial charge on any atom is 0.348 e. The van der Waals surface area contributed by atoms with Crippen LogP contribution >= 0.6 is 12.0 Å². The number of hydrogen-bond donors (Lipinski definition) is 2. The zero-order valence-corrected chi connectivity index (χ0v) is 10.9. The van der Waals surface area contributed by atoms with E-state index < -0.39 is 10.9 Å². The number of hydrogen-bond acceptors (Lipinski definition) is 5. The molecular weight excluding hydrogens is 254 g/mol. The Bertz CT molecular complexity index is 197. The van der Waals surface area contributed by atoms with Crippen LogP contribution in [0.1, 0.15) is 52.4 Å². The molecule has 17 heavy (non-hydrogen) atoms. The van der Waals surface area contributed by atoms with Crippen molar-refractivity contribution in [2.45, 2.75) is 63.2 Å². The van der Waals surface area contributed by atoms with Gasteiger partial charge in [-0.2, -0.15) is 8.78 Å². The molecule has 0 radical (unpaired) electrons. The van der Waals surface area contributed by atoms with E-state index in [1.807, 2.05) is 13.8 Å². The molecule has 0 spiro atoms. The third kappa shape index (κ3) is 5.48. The smallest absolute Gasteiger partial charge is 0.348 e. The molecule has 104 valence electrons. The molecule has 0 aliphatic rings. The molecule has 0 aromatic carbocycles. The van der Waals surface area contributed by atoms with E-state index in [-0.39, 0.29) is 24.9 Å². The van der Waals surface area contributed by atoms with Crippen molar-refractivity contribution < 1.29 is 28.5 Å². The van der Waals surface area contributed by atoms with Gasteiger partial charge in [-0.1, -0.05) is 44.6 Å². The second kappa shape index (κ2) is 8.20. The average molecular weight is 274 g/mol. The molecule has 0 amide bonds. The third-order valence-electron chi connectivity index (χ3n) is 2.60. The summed E-state index contributed by atoms with van der Waals surface area (Å²) in [7, 11) is 0. The highest BCUT2D eigenvalue weighted by molar-refractivity contribution is 7.95. The molecule has 0 unspecified atom stereocenters. The summed E-state index contributed by atoms with van der Waals surface area (Å²) in [5.41, 5.74) is -2.14. The Morgan fingerprint density at radius 3 is 1.94 bits per heavy atom. The van der Waals surface area contributed by atoms with Crippen molar-refractivity contribution in [1.29, 1.82) is 0 Å². The lowest BCUT2D eigenvalue weighted by molar-refractivity contribution is -0.434. The maximum atomic E-state index is 13.7. The third-order valence-corrected chi connectivity index (χ3v) is 3.32. The second-order valence-corrected chi connectivity index (χ2v) is 4.80. The minimum absolute atomic E-state index is 0.0156. The molecule has 0 aromatic heterocycles. The first-order chi connectivity index (χ1) is 7.93. The van der Waals surface area contributed by atoms with E-state index in [0.717, 1.165) is 0 Å². The summed E-state index contributed by atoms with van der Waals surface area (Å²) in [5.74, 6) is 0.